The van der Waals surface area contributed by atoms with E-state index in [0.29, 0.717) is 44.0 Å². The molecule has 0 bridgehead atoms. The Bertz CT molecular complexity index is 1060. The third-order valence-electron chi connectivity index (χ3n) is 6.21. The first kappa shape index (κ1) is 28.2. The van der Waals surface area contributed by atoms with E-state index in [0.717, 1.165) is 12.0 Å². The Labute approximate surface area is 217 Å². The molecule has 0 spiro atoms. The lowest BCUT2D eigenvalue weighted by molar-refractivity contribution is -0.153. The van der Waals surface area contributed by atoms with Crippen molar-refractivity contribution in [3.05, 3.63) is 47.2 Å². The minimum atomic E-state index is -0.605. The molecule has 200 valence electrons. The third-order valence-corrected chi connectivity index (χ3v) is 6.21. The number of nitrogens with zero attached hydrogens (tertiary/aromatic N) is 3. The van der Waals surface area contributed by atoms with E-state index in [1.807, 2.05) is 27.7 Å². The van der Waals surface area contributed by atoms with Crippen LogP contribution in [0.15, 0.2) is 34.9 Å². The molecule has 1 fully saturated rings. The summed E-state index contributed by atoms with van der Waals surface area (Å²) in [5.74, 6) is -0.423. The molecular weight excluding hydrogens is 476 g/mol. The van der Waals surface area contributed by atoms with Gasteiger partial charge in [-0.05, 0) is 55.5 Å². The minimum absolute atomic E-state index is 0.0872. The standard InChI is InChI=1S/C27H36N4O6/c1-5-34-24(35-6-2)17-36-23-14-22(37-30-23)25(18(3)4)27(33)31-13-7-8-21(31)26(32)29-16-20-11-9-19(15-28)10-12-20/h9-12,14,18,21,24-25H,5-8,13,16-17H2,1-4H3,(H,29,32). The second-order valence-electron chi connectivity index (χ2n) is 9.16. The smallest absolute Gasteiger partial charge is 0.254 e. The quantitative estimate of drug-likeness (QED) is 0.405. The molecule has 37 heavy (non-hydrogen) atoms. The average Bonchev–Trinajstić information content (AvgIpc) is 3.56. The van der Waals surface area contributed by atoms with Gasteiger partial charge in [0.05, 0.1) is 11.6 Å². The first-order chi connectivity index (χ1) is 17.9. The Morgan fingerprint density at radius 2 is 1.92 bits per heavy atom. The van der Waals surface area contributed by atoms with Gasteiger partial charge in [-0.2, -0.15) is 5.26 Å². The monoisotopic (exact) mass is 512 g/mol. The number of benzene rings is 1. The highest BCUT2D eigenvalue weighted by atomic mass is 16.7. The maximum Gasteiger partial charge on any atom is 0.254 e. The maximum atomic E-state index is 13.6. The minimum Gasteiger partial charge on any atom is -0.470 e. The van der Waals surface area contributed by atoms with Crippen LogP contribution >= 0.6 is 0 Å². The Kier molecular flexibility index (Phi) is 10.5. The molecule has 1 saturated heterocycles. The molecule has 1 aromatic carbocycles. The van der Waals surface area contributed by atoms with Crippen LogP contribution in [0.1, 0.15) is 63.3 Å². The molecular formula is C27H36N4O6. The van der Waals surface area contributed by atoms with Crippen LogP contribution in [0.5, 0.6) is 5.88 Å². The Morgan fingerprint density at radius 1 is 1.22 bits per heavy atom. The van der Waals surface area contributed by atoms with Gasteiger partial charge in [-0.1, -0.05) is 26.0 Å². The molecule has 2 atom stereocenters. The predicted molar refractivity (Wildman–Crippen MR) is 134 cm³/mol. The van der Waals surface area contributed by atoms with Gasteiger partial charge >= 0.3 is 0 Å². The van der Waals surface area contributed by atoms with Gasteiger partial charge in [0.1, 0.15) is 18.6 Å². The van der Waals surface area contributed by atoms with Crippen LogP contribution in [0.4, 0.5) is 0 Å². The van der Waals surface area contributed by atoms with Crippen LogP contribution in [-0.4, -0.2) is 60.6 Å². The molecule has 0 aliphatic carbocycles. The van der Waals surface area contributed by atoms with Crippen LogP contribution in [0.25, 0.3) is 0 Å². The Hall–Kier alpha value is -3.42. The average molecular weight is 513 g/mol. The van der Waals surface area contributed by atoms with E-state index in [1.54, 1.807) is 35.2 Å². The Morgan fingerprint density at radius 3 is 2.54 bits per heavy atom. The molecule has 1 aliphatic rings. The van der Waals surface area contributed by atoms with Crippen molar-refractivity contribution in [1.29, 1.82) is 5.26 Å². The zero-order valence-corrected chi connectivity index (χ0v) is 21.9. The van der Waals surface area contributed by atoms with Crippen molar-refractivity contribution in [3.63, 3.8) is 0 Å². The highest BCUT2D eigenvalue weighted by Gasteiger charge is 2.40. The second-order valence-corrected chi connectivity index (χ2v) is 9.16. The van der Waals surface area contributed by atoms with Crippen molar-refractivity contribution >= 4 is 11.8 Å². The summed E-state index contributed by atoms with van der Waals surface area (Å²) in [6, 6.07) is 10.2. The summed E-state index contributed by atoms with van der Waals surface area (Å²) in [6.07, 6.45) is 0.814. The molecule has 1 aliphatic heterocycles. The number of nitrogens with one attached hydrogen (secondary N) is 1. The van der Waals surface area contributed by atoms with E-state index in [2.05, 4.69) is 16.5 Å². The summed E-state index contributed by atoms with van der Waals surface area (Å²) in [5.41, 5.74) is 1.44. The molecule has 2 unspecified atom stereocenters. The van der Waals surface area contributed by atoms with E-state index >= 15 is 0 Å². The van der Waals surface area contributed by atoms with Gasteiger partial charge < -0.3 is 29.0 Å². The molecule has 1 N–H and O–H groups in total. The Balaban J connectivity index is 1.64. The SMILES string of the molecule is CCOC(COc1cc(C(C(=O)N2CCCC2C(=O)NCc2ccc(C#N)cc2)C(C)C)on1)OCC. The highest BCUT2D eigenvalue weighted by Crippen LogP contribution is 2.32. The second kappa shape index (κ2) is 13.8. The van der Waals surface area contributed by atoms with Gasteiger partial charge in [0.15, 0.2) is 12.1 Å². The summed E-state index contributed by atoms with van der Waals surface area (Å²) < 4.78 is 22.1. The lowest BCUT2D eigenvalue weighted by atomic mass is 9.91. The van der Waals surface area contributed by atoms with E-state index in [1.165, 1.54) is 0 Å². The number of ether oxygens (including phenoxy) is 3. The lowest BCUT2D eigenvalue weighted by Gasteiger charge is -2.28. The van der Waals surface area contributed by atoms with Gasteiger partial charge in [0, 0.05) is 32.4 Å². The largest absolute Gasteiger partial charge is 0.470 e. The first-order valence-corrected chi connectivity index (χ1v) is 12.8. The number of carbonyl (C=O) groups excluding carboxylic acids is 2. The summed E-state index contributed by atoms with van der Waals surface area (Å²) >= 11 is 0. The van der Waals surface area contributed by atoms with Crippen molar-refractivity contribution in [2.75, 3.05) is 26.4 Å². The lowest BCUT2D eigenvalue weighted by Crippen LogP contribution is -2.47. The fourth-order valence-corrected chi connectivity index (χ4v) is 4.38. The van der Waals surface area contributed by atoms with Crippen LogP contribution < -0.4 is 10.1 Å². The molecule has 1 aromatic heterocycles. The molecule has 10 nitrogen and oxygen atoms in total. The molecule has 3 rings (SSSR count). The number of aromatic nitrogens is 1. The number of carbonyl (C=O) groups is 2. The number of likely N-dealkylation sites (tertiary alicyclic amines) is 1. The zero-order valence-electron chi connectivity index (χ0n) is 21.9. The molecule has 2 amide bonds. The number of nitriles is 1. The van der Waals surface area contributed by atoms with Gasteiger partial charge in [-0.3, -0.25) is 9.59 Å². The number of hydrogen-bond donors (Lipinski definition) is 1. The maximum absolute atomic E-state index is 13.6. The van der Waals surface area contributed by atoms with Gasteiger partial charge in [-0.25, -0.2) is 0 Å². The van der Waals surface area contributed by atoms with Crippen molar-refractivity contribution in [1.82, 2.24) is 15.4 Å². The summed E-state index contributed by atoms with van der Waals surface area (Å²) in [4.78, 5) is 28.3. The van der Waals surface area contributed by atoms with E-state index < -0.39 is 18.2 Å². The molecule has 2 aromatic rings. The normalized spacial score (nSPS) is 16.1. The van der Waals surface area contributed by atoms with Crippen LogP contribution in [-0.2, 0) is 25.6 Å². The molecule has 2 heterocycles. The molecule has 0 radical (unpaired) electrons. The van der Waals surface area contributed by atoms with E-state index in [4.69, 9.17) is 24.0 Å². The summed E-state index contributed by atoms with van der Waals surface area (Å²) in [7, 11) is 0. The highest BCUT2D eigenvalue weighted by molar-refractivity contribution is 5.91. The van der Waals surface area contributed by atoms with E-state index in [-0.39, 0.29) is 30.2 Å². The topological polar surface area (TPSA) is 127 Å². The fourth-order valence-electron chi connectivity index (χ4n) is 4.38. The van der Waals surface area contributed by atoms with Crippen LogP contribution in [0.2, 0.25) is 0 Å². The van der Waals surface area contributed by atoms with Gasteiger partial charge in [-0.15, -0.1) is 0 Å². The number of hydrogen-bond acceptors (Lipinski definition) is 8. The van der Waals surface area contributed by atoms with Crippen LogP contribution in [0.3, 0.4) is 0 Å². The van der Waals surface area contributed by atoms with Crippen molar-refractivity contribution in [2.24, 2.45) is 5.92 Å². The zero-order chi connectivity index (χ0) is 26.8. The fraction of sp³-hybridized carbons (Fsp3) is 0.556. The van der Waals surface area contributed by atoms with Crippen LogP contribution in [0, 0.1) is 17.2 Å². The van der Waals surface area contributed by atoms with Crippen molar-refractivity contribution < 1.29 is 28.3 Å². The van der Waals surface area contributed by atoms with Crippen molar-refractivity contribution in [2.45, 2.75) is 65.3 Å². The number of amides is 2. The van der Waals surface area contributed by atoms with Gasteiger partial charge in [0.2, 0.25) is 11.8 Å². The molecule has 10 heteroatoms. The van der Waals surface area contributed by atoms with Crippen molar-refractivity contribution in [3.8, 4) is 11.9 Å². The summed E-state index contributed by atoms with van der Waals surface area (Å²) in [5, 5.41) is 15.8. The first-order valence-electron chi connectivity index (χ1n) is 12.8. The third kappa shape index (κ3) is 7.54. The van der Waals surface area contributed by atoms with Gasteiger partial charge in [0.25, 0.3) is 5.88 Å². The number of rotatable bonds is 13. The predicted octanol–water partition coefficient (Wildman–Crippen LogP) is 3.37. The van der Waals surface area contributed by atoms with E-state index in [9.17, 15) is 9.59 Å². The molecule has 0 saturated carbocycles. The summed E-state index contributed by atoms with van der Waals surface area (Å²) in [6.45, 7) is 9.55.